The van der Waals surface area contributed by atoms with Gasteiger partial charge in [-0.15, -0.1) is 22.7 Å². The monoisotopic (exact) mass is 973 g/mol. The summed E-state index contributed by atoms with van der Waals surface area (Å²) >= 11 is 3.89. The molecule has 0 fully saturated rings. The molecule has 10 aromatic rings. The van der Waals surface area contributed by atoms with E-state index in [0.29, 0.717) is 0 Å². The number of hydrogen-bond donors (Lipinski definition) is 0. The van der Waals surface area contributed by atoms with Crippen molar-refractivity contribution >= 4 is 127 Å². The number of hydrogen-bond acceptors (Lipinski definition) is 5. The first kappa shape index (κ1) is 46.5. The fourth-order valence-corrected chi connectivity index (χ4v) is 13.7. The van der Waals surface area contributed by atoms with Crippen LogP contribution in [-0.2, 0) is 21.7 Å². The van der Waals surface area contributed by atoms with Gasteiger partial charge in [-0.3, -0.25) is 0 Å². The SMILES string of the molecule is CC(C)(C)c1ccc(N(c2ccc(C(C)(C)C)cc2)c2ccc3c(c2)N(c2ccc(C(C)(C)C)cc2)c2cccc4c2B3c2sc3ccc(C(C)(C)C)cc3c2N4c2cccc3c2sc2ccccc23)cc1. The van der Waals surface area contributed by atoms with Gasteiger partial charge in [-0.1, -0.05) is 168 Å². The van der Waals surface area contributed by atoms with Crippen LogP contribution in [0, 0.1) is 0 Å². The highest BCUT2D eigenvalue weighted by Crippen LogP contribution is 2.52. The van der Waals surface area contributed by atoms with Crippen molar-refractivity contribution in [3.8, 4) is 0 Å². The Labute approximate surface area is 435 Å². The lowest BCUT2D eigenvalue weighted by Crippen LogP contribution is -2.60. The normalized spacial score (nSPS) is 13.8. The molecule has 0 unspecified atom stereocenters. The zero-order chi connectivity index (χ0) is 50.2. The van der Waals surface area contributed by atoms with Gasteiger partial charge in [0.05, 0.1) is 16.1 Å². The third-order valence-corrected chi connectivity index (χ3v) is 17.7. The highest BCUT2D eigenvalue weighted by Gasteiger charge is 2.46. The maximum atomic E-state index is 2.65. The third kappa shape index (κ3) is 7.59. The van der Waals surface area contributed by atoms with Gasteiger partial charge in [-0.25, -0.2) is 0 Å². The van der Waals surface area contributed by atoms with E-state index in [1.54, 1.807) is 0 Å². The Morgan fingerprint density at radius 2 is 0.889 bits per heavy atom. The Kier molecular flexibility index (Phi) is 10.6. The summed E-state index contributed by atoms with van der Waals surface area (Å²) in [5, 5.41) is 3.94. The fourth-order valence-electron chi connectivity index (χ4n) is 11.2. The third-order valence-electron chi connectivity index (χ3n) is 15.3. The average Bonchev–Trinajstić information content (AvgIpc) is 3.92. The van der Waals surface area contributed by atoms with E-state index < -0.39 is 0 Å². The van der Waals surface area contributed by atoms with Gasteiger partial charge in [0.2, 0.25) is 0 Å². The van der Waals surface area contributed by atoms with Crippen molar-refractivity contribution in [2.75, 3.05) is 14.7 Å². The number of rotatable bonds is 5. The minimum Gasteiger partial charge on any atom is -0.311 e. The molecule has 0 saturated carbocycles. The van der Waals surface area contributed by atoms with E-state index in [1.807, 2.05) is 22.7 Å². The quantitative estimate of drug-likeness (QED) is 0.159. The summed E-state index contributed by atoms with van der Waals surface area (Å²) in [6, 6.07) is 65.4. The molecule has 2 aromatic heterocycles. The molecule has 0 radical (unpaired) electrons. The maximum absolute atomic E-state index is 2.65. The molecule has 8 aromatic carbocycles. The number of benzene rings is 8. The summed E-state index contributed by atoms with van der Waals surface area (Å²) in [4.78, 5) is 7.68. The zero-order valence-corrected chi connectivity index (χ0v) is 45.5. The van der Waals surface area contributed by atoms with Crippen LogP contribution in [0.25, 0.3) is 30.3 Å². The van der Waals surface area contributed by atoms with E-state index in [4.69, 9.17) is 0 Å². The van der Waals surface area contributed by atoms with Crippen LogP contribution in [0.2, 0.25) is 0 Å². The molecule has 6 heteroatoms. The molecule has 0 atom stereocenters. The topological polar surface area (TPSA) is 9.72 Å². The van der Waals surface area contributed by atoms with Gasteiger partial charge in [-0.05, 0) is 140 Å². The van der Waals surface area contributed by atoms with Crippen molar-refractivity contribution in [2.24, 2.45) is 0 Å². The molecule has 0 spiro atoms. The van der Waals surface area contributed by atoms with Crippen molar-refractivity contribution in [3.05, 3.63) is 192 Å². The molecule has 0 bridgehead atoms. The molecule has 12 rings (SSSR count). The summed E-state index contributed by atoms with van der Waals surface area (Å²) in [6.45, 7) is 27.7. The van der Waals surface area contributed by atoms with Crippen LogP contribution in [0.1, 0.15) is 105 Å². The van der Waals surface area contributed by atoms with E-state index >= 15 is 0 Å². The second kappa shape index (κ2) is 16.5. The van der Waals surface area contributed by atoms with E-state index in [1.165, 1.54) is 96.7 Å². The summed E-state index contributed by atoms with van der Waals surface area (Å²) in [6.07, 6.45) is 0. The lowest BCUT2D eigenvalue weighted by atomic mass is 9.36. The largest absolute Gasteiger partial charge is 0.311 e. The lowest BCUT2D eigenvalue weighted by Gasteiger charge is -2.43. The van der Waals surface area contributed by atoms with Crippen LogP contribution in [0.5, 0.6) is 0 Å². The van der Waals surface area contributed by atoms with Crippen LogP contribution >= 0.6 is 22.7 Å². The predicted molar refractivity (Wildman–Crippen MR) is 318 cm³/mol. The molecule has 2 aliphatic rings. The van der Waals surface area contributed by atoms with E-state index in [9.17, 15) is 0 Å². The average molecular weight is 974 g/mol. The molecular weight excluding hydrogens is 910 g/mol. The van der Waals surface area contributed by atoms with Crippen molar-refractivity contribution in [1.29, 1.82) is 0 Å². The second-order valence-corrected chi connectivity index (χ2v) is 26.4. The molecule has 0 amide bonds. The Hall–Kier alpha value is -6.60. The molecular formula is C66H64BN3S2. The first-order valence-corrected chi connectivity index (χ1v) is 27.3. The van der Waals surface area contributed by atoms with Crippen molar-refractivity contribution in [3.63, 3.8) is 0 Å². The maximum Gasteiger partial charge on any atom is 0.264 e. The highest BCUT2D eigenvalue weighted by atomic mass is 32.1. The molecule has 2 aliphatic heterocycles. The van der Waals surface area contributed by atoms with Crippen LogP contribution in [0.4, 0.5) is 51.2 Å². The predicted octanol–water partition coefficient (Wildman–Crippen LogP) is 18.0. The molecule has 72 heavy (non-hydrogen) atoms. The van der Waals surface area contributed by atoms with Gasteiger partial charge in [-0.2, -0.15) is 0 Å². The molecule has 0 aliphatic carbocycles. The summed E-state index contributed by atoms with van der Waals surface area (Å²) in [5.41, 5.74) is 18.8. The van der Waals surface area contributed by atoms with E-state index in [2.05, 4.69) is 268 Å². The lowest BCUT2D eigenvalue weighted by molar-refractivity contribution is 0.590. The number of thiophene rings is 2. The Morgan fingerprint density at radius 3 is 1.50 bits per heavy atom. The Morgan fingerprint density at radius 1 is 0.389 bits per heavy atom. The standard InChI is InChI=1S/C66H64BN3S2/c1-63(2,3)41-23-30-45(31-24-41)68(46-32-25-42(26-33-46)64(4,5)6)48-36-37-52-56(40-48)69(47-34-27-43(28-35-47)65(7,8)9)53-19-16-20-54-59(53)67(52)62-60(51-39-44(66(10,11)12)29-38-58(51)72-62)70(54)55-21-15-18-50-49-17-13-14-22-57(49)71-61(50)55/h13-40H,1-12H3. The molecule has 0 N–H and O–H groups in total. The Bertz CT molecular complexity index is 3680. The fraction of sp³-hybridized carbons (Fsp3) is 0.242. The van der Waals surface area contributed by atoms with Gasteiger partial charge >= 0.3 is 0 Å². The highest BCUT2D eigenvalue weighted by molar-refractivity contribution is 7.33. The minimum atomic E-state index is -0.0119. The van der Waals surface area contributed by atoms with E-state index in [0.717, 1.165) is 22.7 Å². The first-order chi connectivity index (χ1) is 34.2. The van der Waals surface area contributed by atoms with E-state index in [-0.39, 0.29) is 28.4 Å². The first-order valence-electron chi connectivity index (χ1n) is 25.7. The molecule has 4 heterocycles. The van der Waals surface area contributed by atoms with Gasteiger partial charge in [0.15, 0.2) is 0 Å². The number of fused-ring (bicyclic) bond motifs is 9. The van der Waals surface area contributed by atoms with Gasteiger partial charge in [0.25, 0.3) is 6.71 Å². The van der Waals surface area contributed by atoms with Gasteiger partial charge in [0.1, 0.15) is 0 Å². The van der Waals surface area contributed by atoms with Crippen LogP contribution in [-0.4, -0.2) is 6.71 Å². The van der Waals surface area contributed by atoms with Crippen molar-refractivity contribution in [2.45, 2.75) is 105 Å². The molecule has 358 valence electrons. The summed E-state index contributed by atoms with van der Waals surface area (Å²) in [7, 11) is 0. The van der Waals surface area contributed by atoms with Gasteiger partial charge < -0.3 is 14.7 Å². The molecule has 0 saturated heterocycles. The van der Waals surface area contributed by atoms with Crippen LogP contribution in [0.15, 0.2) is 170 Å². The minimum absolute atomic E-state index is 0.000663. The zero-order valence-electron chi connectivity index (χ0n) is 43.9. The summed E-state index contributed by atoms with van der Waals surface area (Å²) < 4.78 is 5.33. The summed E-state index contributed by atoms with van der Waals surface area (Å²) in [5.74, 6) is 0. The van der Waals surface area contributed by atoms with Crippen molar-refractivity contribution in [1.82, 2.24) is 0 Å². The van der Waals surface area contributed by atoms with Crippen LogP contribution in [0.3, 0.4) is 0 Å². The number of anilines is 9. The van der Waals surface area contributed by atoms with Crippen LogP contribution < -0.4 is 30.4 Å². The second-order valence-electron chi connectivity index (χ2n) is 24.3. The van der Waals surface area contributed by atoms with Crippen molar-refractivity contribution < 1.29 is 0 Å². The number of nitrogens with zero attached hydrogens (tertiary/aromatic N) is 3. The Balaban J connectivity index is 1.14. The molecule has 3 nitrogen and oxygen atoms in total. The smallest absolute Gasteiger partial charge is 0.264 e. The van der Waals surface area contributed by atoms with Gasteiger partial charge in [0, 0.05) is 70.1 Å².